The number of hydrogen-bond donors (Lipinski definition) is 2. The average Bonchev–Trinajstić information content (AvgIpc) is 3.36. The molecule has 4 aromatic rings. The van der Waals surface area contributed by atoms with Crippen LogP contribution in [0.2, 0.25) is 5.02 Å². The molecule has 45 heavy (non-hydrogen) atoms. The number of anilines is 1. The second kappa shape index (κ2) is 14.5. The van der Waals surface area contributed by atoms with Gasteiger partial charge in [0, 0.05) is 17.0 Å². The highest BCUT2D eigenvalue weighted by atomic mass is 35.5. The molecule has 0 fully saturated rings. The lowest BCUT2D eigenvalue weighted by Gasteiger charge is -2.30. The quantitative estimate of drug-likeness (QED) is 0.103. The summed E-state index contributed by atoms with van der Waals surface area (Å²) in [6, 6.07) is 12.7. The third-order valence-electron chi connectivity index (χ3n) is 7.00. The largest absolute Gasteiger partial charge is 0.459 e. The van der Waals surface area contributed by atoms with E-state index in [1.807, 2.05) is 56.5 Å². The van der Waals surface area contributed by atoms with Crippen molar-refractivity contribution in [2.24, 2.45) is 5.92 Å². The zero-order valence-corrected chi connectivity index (χ0v) is 28.5. The van der Waals surface area contributed by atoms with Crippen molar-refractivity contribution in [1.82, 2.24) is 19.6 Å². The Morgan fingerprint density at radius 2 is 1.78 bits per heavy atom. The number of nitrogens with two attached hydrogens (primary N) is 1. The van der Waals surface area contributed by atoms with Crippen LogP contribution < -0.4 is 15.3 Å². The van der Waals surface area contributed by atoms with Crippen LogP contribution in [0.4, 0.5) is 5.82 Å². The summed E-state index contributed by atoms with van der Waals surface area (Å²) in [5.41, 5.74) is 7.68. The first kappa shape index (κ1) is 34.7. The standard InChI is InChI=1S/C32H43ClN5O6P/c1-8-22(38-26(19-41-9-2)36-28-29(38)24-12-10-11-13-25(24)35-30(28)34)18-42-45(40,44-23-16-14-21(33)15-17-23)37-27(20(3)4)31(39)43-32(5,6)7/h10-17,20,22,27H,8-9,18-19H2,1-7H3,(H2,34,35)(H,37,40)/t22-,27-,45?/m0/s1. The maximum Gasteiger partial charge on any atom is 0.459 e. The normalized spacial score (nSPS) is 14.9. The summed E-state index contributed by atoms with van der Waals surface area (Å²) >= 11 is 6.08. The third-order valence-corrected chi connectivity index (χ3v) is 8.79. The molecule has 2 aromatic carbocycles. The molecule has 0 aliphatic heterocycles. The molecule has 0 saturated heterocycles. The summed E-state index contributed by atoms with van der Waals surface area (Å²) in [5, 5.41) is 4.24. The van der Waals surface area contributed by atoms with Gasteiger partial charge in [0.1, 0.15) is 35.3 Å². The van der Waals surface area contributed by atoms with E-state index >= 15 is 0 Å². The molecule has 0 radical (unpaired) electrons. The van der Waals surface area contributed by atoms with Gasteiger partial charge >= 0.3 is 13.7 Å². The number of ether oxygens (including phenoxy) is 2. The Bertz CT molecular complexity index is 1670. The van der Waals surface area contributed by atoms with E-state index in [1.165, 1.54) is 0 Å². The van der Waals surface area contributed by atoms with Crippen LogP contribution in [-0.4, -0.2) is 45.4 Å². The highest BCUT2D eigenvalue weighted by Crippen LogP contribution is 2.47. The van der Waals surface area contributed by atoms with Crippen molar-refractivity contribution in [3.8, 4) is 5.75 Å². The summed E-state index contributed by atoms with van der Waals surface area (Å²) in [6.07, 6.45) is 0.571. The molecule has 11 nitrogen and oxygen atoms in total. The molecule has 13 heteroatoms. The summed E-state index contributed by atoms with van der Waals surface area (Å²) < 4.78 is 40.2. The molecular formula is C32H43ClN5O6P. The van der Waals surface area contributed by atoms with Crippen LogP contribution in [0.3, 0.4) is 0 Å². The number of fused-ring (bicyclic) bond motifs is 3. The van der Waals surface area contributed by atoms with E-state index in [2.05, 4.69) is 10.1 Å². The number of rotatable bonds is 14. The van der Waals surface area contributed by atoms with Gasteiger partial charge in [0.25, 0.3) is 0 Å². The highest BCUT2D eigenvalue weighted by molar-refractivity contribution is 7.52. The minimum atomic E-state index is -4.20. The summed E-state index contributed by atoms with van der Waals surface area (Å²) in [6.45, 7) is 13.5. The van der Waals surface area contributed by atoms with Gasteiger partial charge in [-0.2, -0.15) is 5.09 Å². The van der Waals surface area contributed by atoms with Gasteiger partial charge in [-0.15, -0.1) is 0 Å². The molecule has 2 heterocycles. The van der Waals surface area contributed by atoms with Crippen LogP contribution in [-0.2, 0) is 30.0 Å². The number of para-hydroxylation sites is 1. The van der Waals surface area contributed by atoms with Crippen molar-refractivity contribution < 1.29 is 27.9 Å². The molecule has 0 amide bonds. The summed E-state index contributed by atoms with van der Waals surface area (Å²) in [7, 11) is -4.20. The van der Waals surface area contributed by atoms with Crippen LogP contribution in [0.5, 0.6) is 5.75 Å². The molecule has 0 aliphatic carbocycles. The average molecular weight is 660 g/mol. The maximum atomic E-state index is 14.6. The van der Waals surface area contributed by atoms with Crippen molar-refractivity contribution in [2.75, 3.05) is 18.9 Å². The summed E-state index contributed by atoms with van der Waals surface area (Å²) in [4.78, 5) is 22.6. The van der Waals surface area contributed by atoms with Gasteiger partial charge in [-0.05, 0) is 70.4 Å². The molecule has 3 atom stereocenters. The molecule has 2 aromatic heterocycles. The molecule has 244 valence electrons. The highest BCUT2D eigenvalue weighted by Gasteiger charge is 2.38. The van der Waals surface area contributed by atoms with Crippen molar-refractivity contribution in [1.29, 1.82) is 0 Å². The minimum absolute atomic E-state index is 0.0609. The number of nitrogens with one attached hydrogen (secondary N) is 1. The van der Waals surface area contributed by atoms with Gasteiger partial charge < -0.3 is 24.3 Å². The monoisotopic (exact) mass is 659 g/mol. The molecule has 0 spiro atoms. The van der Waals surface area contributed by atoms with Crippen LogP contribution in [0.15, 0.2) is 48.5 Å². The molecule has 0 aliphatic rings. The number of pyridine rings is 1. The summed E-state index contributed by atoms with van der Waals surface area (Å²) in [5.74, 6) is 0.311. The number of imidazole rings is 1. The Balaban J connectivity index is 1.75. The number of nitrogen functional groups attached to an aromatic ring is 1. The van der Waals surface area contributed by atoms with Gasteiger partial charge in [-0.25, -0.2) is 14.5 Å². The van der Waals surface area contributed by atoms with Crippen LogP contribution in [0.25, 0.3) is 21.9 Å². The molecular weight excluding hydrogens is 617 g/mol. The van der Waals surface area contributed by atoms with E-state index in [4.69, 9.17) is 40.8 Å². The fourth-order valence-corrected chi connectivity index (χ4v) is 6.67. The number of aromatic nitrogens is 3. The Morgan fingerprint density at radius 1 is 1.09 bits per heavy atom. The smallest absolute Gasteiger partial charge is 0.459 e. The Kier molecular flexibility index (Phi) is 11.2. The van der Waals surface area contributed by atoms with Crippen LogP contribution >= 0.6 is 19.3 Å². The van der Waals surface area contributed by atoms with Crippen molar-refractivity contribution >= 4 is 53.1 Å². The van der Waals surface area contributed by atoms with E-state index in [-0.39, 0.29) is 30.9 Å². The van der Waals surface area contributed by atoms with Crippen molar-refractivity contribution in [3.05, 3.63) is 59.4 Å². The molecule has 0 saturated carbocycles. The van der Waals surface area contributed by atoms with Crippen molar-refractivity contribution in [2.45, 2.75) is 79.2 Å². The van der Waals surface area contributed by atoms with E-state index in [1.54, 1.807) is 45.0 Å². The third kappa shape index (κ3) is 8.54. The first-order valence-electron chi connectivity index (χ1n) is 15.1. The lowest BCUT2D eigenvalue weighted by molar-refractivity contribution is -0.158. The van der Waals surface area contributed by atoms with E-state index < -0.39 is 25.4 Å². The number of carbonyl (C=O) groups is 1. The first-order valence-corrected chi connectivity index (χ1v) is 17.0. The maximum absolute atomic E-state index is 14.6. The SMILES string of the molecule is CCOCc1nc2c(N)nc3ccccc3c2n1[C@@H](CC)COP(=O)(N[C@H](C(=O)OC(C)(C)C)C(C)C)Oc1ccc(Cl)cc1. The second-order valence-corrected chi connectivity index (χ2v) is 14.2. The number of nitrogens with zero attached hydrogens (tertiary/aromatic N) is 3. The topological polar surface area (TPSA) is 140 Å². The molecule has 0 bridgehead atoms. The van der Waals surface area contributed by atoms with Gasteiger partial charge in [0.2, 0.25) is 0 Å². The van der Waals surface area contributed by atoms with Crippen molar-refractivity contribution in [3.63, 3.8) is 0 Å². The number of carbonyl (C=O) groups excluding carboxylic acids is 1. The number of benzene rings is 2. The van der Waals surface area contributed by atoms with E-state index in [0.29, 0.717) is 35.2 Å². The Morgan fingerprint density at radius 3 is 2.40 bits per heavy atom. The Labute approximate surface area is 269 Å². The minimum Gasteiger partial charge on any atom is -0.459 e. The zero-order valence-electron chi connectivity index (χ0n) is 26.9. The predicted octanol–water partition coefficient (Wildman–Crippen LogP) is 7.47. The number of esters is 1. The lowest BCUT2D eigenvalue weighted by Crippen LogP contribution is -2.44. The predicted molar refractivity (Wildman–Crippen MR) is 177 cm³/mol. The Hall–Kier alpha value is -3.21. The molecule has 4 rings (SSSR count). The first-order chi connectivity index (χ1) is 21.2. The van der Waals surface area contributed by atoms with Crippen LogP contribution in [0.1, 0.15) is 66.8 Å². The van der Waals surface area contributed by atoms with Crippen LogP contribution in [0, 0.1) is 5.92 Å². The van der Waals surface area contributed by atoms with Gasteiger partial charge in [0.05, 0.1) is 23.7 Å². The zero-order chi connectivity index (χ0) is 32.9. The fourth-order valence-electron chi connectivity index (χ4n) is 4.85. The second-order valence-electron chi connectivity index (χ2n) is 12.0. The fraction of sp³-hybridized carbons (Fsp3) is 0.469. The number of hydrogen-bond acceptors (Lipinski definition) is 9. The van der Waals surface area contributed by atoms with E-state index in [9.17, 15) is 9.36 Å². The van der Waals surface area contributed by atoms with Gasteiger partial charge in [-0.1, -0.05) is 50.6 Å². The molecule has 3 N–H and O–H groups in total. The number of halogens is 1. The lowest BCUT2D eigenvalue weighted by atomic mass is 10.1. The van der Waals surface area contributed by atoms with E-state index in [0.717, 1.165) is 16.4 Å². The molecule has 1 unspecified atom stereocenters. The van der Waals surface area contributed by atoms with Gasteiger partial charge in [0.15, 0.2) is 5.82 Å². The van der Waals surface area contributed by atoms with Gasteiger partial charge in [-0.3, -0.25) is 9.32 Å².